The van der Waals surface area contributed by atoms with Crippen LogP contribution in [0.4, 0.5) is 14.6 Å². The number of hydrogen-bond acceptors (Lipinski definition) is 4. The predicted octanol–water partition coefficient (Wildman–Crippen LogP) is 0.932. The van der Waals surface area contributed by atoms with Crippen LogP contribution in [0.1, 0.15) is 23.2 Å². The zero-order chi connectivity index (χ0) is 10.7. The van der Waals surface area contributed by atoms with Crippen LogP contribution in [0.3, 0.4) is 0 Å². The van der Waals surface area contributed by atoms with Gasteiger partial charge in [-0.05, 0) is 6.07 Å². The van der Waals surface area contributed by atoms with Gasteiger partial charge in [0.1, 0.15) is 11.5 Å². The molecule has 0 saturated carbocycles. The SMILES string of the molecule is N#Cc1cc(C(F)F)nc(N)c1CN. The van der Waals surface area contributed by atoms with Gasteiger partial charge in [-0.15, -0.1) is 0 Å². The Morgan fingerprint density at radius 1 is 1.57 bits per heavy atom. The summed E-state index contributed by atoms with van der Waals surface area (Å²) in [6.45, 7) is 0.00520. The number of anilines is 1. The fraction of sp³-hybridized carbons (Fsp3) is 0.250. The van der Waals surface area contributed by atoms with Gasteiger partial charge in [-0.3, -0.25) is 0 Å². The van der Waals surface area contributed by atoms with Crippen LogP contribution in [0.25, 0.3) is 0 Å². The first-order chi connectivity index (χ1) is 6.60. The van der Waals surface area contributed by atoms with Gasteiger partial charge in [-0.2, -0.15) is 5.26 Å². The summed E-state index contributed by atoms with van der Waals surface area (Å²) in [5, 5.41) is 8.65. The molecular formula is C8H8F2N4. The number of halogens is 2. The molecule has 4 nitrogen and oxygen atoms in total. The van der Waals surface area contributed by atoms with E-state index >= 15 is 0 Å². The van der Waals surface area contributed by atoms with Crippen molar-refractivity contribution in [1.29, 1.82) is 5.26 Å². The molecule has 0 spiro atoms. The van der Waals surface area contributed by atoms with E-state index in [1.807, 2.05) is 0 Å². The van der Waals surface area contributed by atoms with Crippen LogP contribution in [0.5, 0.6) is 0 Å². The van der Waals surface area contributed by atoms with Crippen LogP contribution in [0.15, 0.2) is 6.07 Å². The van der Waals surface area contributed by atoms with E-state index in [9.17, 15) is 8.78 Å². The molecule has 1 rings (SSSR count). The first-order valence-electron chi connectivity index (χ1n) is 3.77. The molecule has 1 heterocycles. The van der Waals surface area contributed by atoms with Crippen molar-refractivity contribution in [1.82, 2.24) is 4.98 Å². The molecule has 0 bridgehead atoms. The maximum Gasteiger partial charge on any atom is 0.280 e. The topological polar surface area (TPSA) is 88.7 Å². The molecule has 4 N–H and O–H groups in total. The number of hydrogen-bond donors (Lipinski definition) is 2. The van der Waals surface area contributed by atoms with Crippen LogP contribution in [0, 0.1) is 11.3 Å². The van der Waals surface area contributed by atoms with Gasteiger partial charge in [0.05, 0.1) is 11.6 Å². The molecule has 0 aromatic carbocycles. The van der Waals surface area contributed by atoms with Gasteiger partial charge in [0.25, 0.3) is 6.43 Å². The molecule has 0 aliphatic heterocycles. The average molecular weight is 198 g/mol. The molecule has 0 aliphatic rings. The Morgan fingerprint density at radius 3 is 2.64 bits per heavy atom. The zero-order valence-corrected chi connectivity index (χ0v) is 7.17. The predicted molar refractivity (Wildman–Crippen MR) is 46.2 cm³/mol. The molecule has 74 valence electrons. The highest BCUT2D eigenvalue weighted by molar-refractivity contribution is 5.51. The Balaban J connectivity index is 3.33. The Bertz CT molecular complexity index is 384. The molecule has 6 heteroatoms. The maximum absolute atomic E-state index is 12.2. The van der Waals surface area contributed by atoms with Crippen LogP contribution < -0.4 is 11.5 Å². The Kier molecular flexibility index (Phi) is 2.94. The quantitative estimate of drug-likeness (QED) is 0.739. The fourth-order valence-electron chi connectivity index (χ4n) is 1.04. The number of nitrogens with two attached hydrogens (primary N) is 2. The van der Waals surface area contributed by atoms with Gasteiger partial charge in [0, 0.05) is 12.1 Å². The highest BCUT2D eigenvalue weighted by Crippen LogP contribution is 2.22. The number of rotatable bonds is 2. The lowest BCUT2D eigenvalue weighted by Crippen LogP contribution is -2.08. The van der Waals surface area contributed by atoms with Crippen molar-refractivity contribution < 1.29 is 8.78 Å². The first-order valence-corrected chi connectivity index (χ1v) is 3.77. The van der Waals surface area contributed by atoms with Gasteiger partial charge < -0.3 is 11.5 Å². The number of nitrogens with zero attached hydrogens (tertiary/aromatic N) is 2. The highest BCUT2D eigenvalue weighted by Gasteiger charge is 2.14. The molecule has 14 heavy (non-hydrogen) atoms. The van der Waals surface area contributed by atoms with E-state index in [-0.39, 0.29) is 17.9 Å². The third-order valence-corrected chi connectivity index (χ3v) is 1.72. The summed E-state index contributed by atoms with van der Waals surface area (Å²) in [4.78, 5) is 3.45. The second kappa shape index (κ2) is 3.98. The number of aromatic nitrogens is 1. The van der Waals surface area contributed by atoms with E-state index < -0.39 is 12.1 Å². The summed E-state index contributed by atoms with van der Waals surface area (Å²) in [7, 11) is 0. The third-order valence-electron chi connectivity index (χ3n) is 1.72. The van der Waals surface area contributed by atoms with Crippen LogP contribution >= 0.6 is 0 Å². The molecular weight excluding hydrogens is 190 g/mol. The van der Waals surface area contributed by atoms with Crippen LogP contribution in [-0.4, -0.2) is 4.98 Å². The molecule has 1 aromatic rings. The van der Waals surface area contributed by atoms with Crippen LogP contribution in [-0.2, 0) is 6.54 Å². The number of nitriles is 1. The molecule has 0 atom stereocenters. The van der Waals surface area contributed by atoms with Crippen molar-refractivity contribution >= 4 is 5.82 Å². The molecule has 1 aromatic heterocycles. The Hall–Kier alpha value is -1.74. The highest BCUT2D eigenvalue weighted by atomic mass is 19.3. The van der Waals surface area contributed by atoms with E-state index in [0.717, 1.165) is 6.07 Å². The Labute approximate surface area is 79.1 Å². The minimum absolute atomic E-state index is 0.00520. The molecule has 0 amide bonds. The zero-order valence-electron chi connectivity index (χ0n) is 7.17. The van der Waals surface area contributed by atoms with E-state index in [4.69, 9.17) is 16.7 Å². The van der Waals surface area contributed by atoms with E-state index in [1.54, 1.807) is 6.07 Å². The number of pyridine rings is 1. The standard InChI is InChI=1S/C8H8F2N4/c9-7(10)6-1-4(2-11)5(3-12)8(13)14-6/h1,7H,3,12H2,(H2,13,14). The van der Waals surface area contributed by atoms with Gasteiger partial charge >= 0.3 is 0 Å². The van der Waals surface area contributed by atoms with E-state index in [0.29, 0.717) is 5.56 Å². The molecule has 0 radical (unpaired) electrons. The second-order valence-corrected chi connectivity index (χ2v) is 2.58. The lowest BCUT2D eigenvalue weighted by atomic mass is 10.1. The van der Waals surface area contributed by atoms with Crippen molar-refractivity contribution in [3.05, 3.63) is 22.9 Å². The largest absolute Gasteiger partial charge is 0.383 e. The fourth-order valence-corrected chi connectivity index (χ4v) is 1.04. The van der Waals surface area contributed by atoms with Crippen molar-refractivity contribution in [2.75, 3.05) is 5.73 Å². The maximum atomic E-state index is 12.2. The summed E-state index contributed by atoms with van der Waals surface area (Å²) in [5.41, 5.74) is 10.5. The summed E-state index contributed by atoms with van der Waals surface area (Å²) >= 11 is 0. The monoisotopic (exact) mass is 198 g/mol. The molecule has 0 saturated heterocycles. The lowest BCUT2D eigenvalue weighted by Gasteiger charge is -2.07. The molecule has 0 unspecified atom stereocenters. The van der Waals surface area contributed by atoms with Gasteiger partial charge in [0.15, 0.2) is 0 Å². The van der Waals surface area contributed by atoms with Crippen molar-refractivity contribution in [2.24, 2.45) is 5.73 Å². The number of alkyl halides is 2. The minimum Gasteiger partial charge on any atom is -0.383 e. The summed E-state index contributed by atoms with van der Waals surface area (Å²) in [6.07, 6.45) is -2.74. The van der Waals surface area contributed by atoms with Crippen molar-refractivity contribution in [3.8, 4) is 6.07 Å². The molecule has 0 fully saturated rings. The smallest absolute Gasteiger partial charge is 0.280 e. The average Bonchev–Trinajstić information content (AvgIpc) is 2.16. The first kappa shape index (κ1) is 10.3. The summed E-state index contributed by atoms with van der Waals surface area (Å²) in [5.74, 6) is -0.109. The van der Waals surface area contributed by atoms with E-state index in [2.05, 4.69) is 4.98 Å². The second-order valence-electron chi connectivity index (χ2n) is 2.58. The molecule has 0 aliphatic carbocycles. The number of nitrogen functional groups attached to an aromatic ring is 1. The van der Waals surface area contributed by atoms with Gasteiger partial charge in [-0.25, -0.2) is 13.8 Å². The van der Waals surface area contributed by atoms with Gasteiger partial charge in [0.2, 0.25) is 0 Å². The minimum atomic E-state index is -2.74. The van der Waals surface area contributed by atoms with Crippen molar-refractivity contribution in [3.63, 3.8) is 0 Å². The van der Waals surface area contributed by atoms with Crippen molar-refractivity contribution in [2.45, 2.75) is 13.0 Å². The normalized spacial score (nSPS) is 10.2. The van der Waals surface area contributed by atoms with Crippen LogP contribution in [0.2, 0.25) is 0 Å². The summed E-state index contributed by atoms with van der Waals surface area (Å²) < 4.78 is 24.5. The summed E-state index contributed by atoms with van der Waals surface area (Å²) in [6, 6.07) is 2.75. The third kappa shape index (κ3) is 1.78. The Morgan fingerprint density at radius 2 is 2.21 bits per heavy atom. The lowest BCUT2D eigenvalue weighted by molar-refractivity contribution is 0.146. The van der Waals surface area contributed by atoms with E-state index in [1.165, 1.54) is 0 Å². The van der Waals surface area contributed by atoms with Gasteiger partial charge in [-0.1, -0.05) is 0 Å².